The Kier molecular flexibility index (Phi) is 5.00. The standard InChI is InChI=1S/C10H11N3O4S/c1-6-12-7(5-18-6)4-11-10(17)13-8(14)2-3-9(15)16/h2-3,5H,4H2,1H3,(H,15,16)(H2,11,13,14,17)/b3-2+. The number of nitrogens with one attached hydrogen (secondary N) is 2. The number of rotatable bonds is 4. The van der Waals surface area contributed by atoms with Crippen molar-refractivity contribution in [2.75, 3.05) is 0 Å². The largest absolute Gasteiger partial charge is 0.478 e. The third-order valence-corrected chi connectivity index (χ3v) is 2.53. The molecule has 1 aromatic rings. The van der Waals surface area contributed by atoms with E-state index >= 15 is 0 Å². The number of carbonyl (C=O) groups excluding carboxylic acids is 2. The molecule has 0 fully saturated rings. The Hall–Kier alpha value is -2.22. The van der Waals surface area contributed by atoms with Gasteiger partial charge in [-0.1, -0.05) is 0 Å². The van der Waals surface area contributed by atoms with E-state index in [0.29, 0.717) is 11.8 Å². The Morgan fingerprint density at radius 3 is 2.72 bits per heavy atom. The van der Waals surface area contributed by atoms with Gasteiger partial charge in [0.05, 0.1) is 17.2 Å². The number of hydrogen-bond donors (Lipinski definition) is 3. The van der Waals surface area contributed by atoms with E-state index in [9.17, 15) is 14.4 Å². The number of imide groups is 1. The molecule has 0 atom stereocenters. The van der Waals surface area contributed by atoms with Crippen LogP contribution in [0.1, 0.15) is 10.7 Å². The number of thiazole rings is 1. The van der Waals surface area contributed by atoms with Crippen LogP contribution in [-0.2, 0) is 16.1 Å². The molecule has 0 aromatic carbocycles. The van der Waals surface area contributed by atoms with Gasteiger partial charge >= 0.3 is 12.0 Å². The van der Waals surface area contributed by atoms with Crippen LogP contribution < -0.4 is 10.6 Å². The summed E-state index contributed by atoms with van der Waals surface area (Å²) in [5.74, 6) is -2.06. The molecule has 0 aliphatic rings. The van der Waals surface area contributed by atoms with Gasteiger partial charge in [-0.15, -0.1) is 11.3 Å². The molecule has 0 spiro atoms. The SMILES string of the molecule is Cc1nc(CNC(=O)NC(=O)/C=C/C(=O)O)cs1. The molecular formula is C10H11N3O4S. The Morgan fingerprint density at radius 1 is 1.44 bits per heavy atom. The quantitative estimate of drug-likeness (QED) is 0.686. The minimum atomic E-state index is -1.26. The highest BCUT2D eigenvalue weighted by molar-refractivity contribution is 7.09. The van der Waals surface area contributed by atoms with Crippen LogP contribution in [0.2, 0.25) is 0 Å². The van der Waals surface area contributed by atoms with Crippen molar-refractivity contribution in [3.05, 3.63) is 28.2 Å². The summed E-state index contributed by atoms with van der Waals surface area (Å²) in [5.41, 5.74) is 0.696. The number of aromatic nitrogens is 1. The van der Waals surface area contributed by atoms with Crippen molar-refractivity contribution < 1.29 is 19.5 Å². The van der Waals surface area contributed by atoms with Gasteiger partial charge < -0.3 is 10.4 Å². The molecule has 1 heterocycles. The lowest BCUT2D eigenvalue weighted by atomic mass is 10.4. The van der Waals surface area contributed by atoms with Gasteiger partial charge in [0.1, 0.15) is 0 Å². The van der Waals surface area contributed by atoms with Crippen molar-refractivity contribution in [3.8, 4) is 0 Å². The zero-order valence-corrected chi connectivity index (χ0v) is 10.3. The van der Waals surface area contributed by atoms with Gasteiger partial charge in [0, 0.05) is 17.5 Å². The predicted molar refractivity (Wildman–Crippen MR) is 64.0 cm³/mol. The number of carboxylic acid groups (broad SMARTS) is 1. The van der Waals surface area contributed by atoms with Crippen molar-refractivity contribution in [1.82, 2.24) is 15.6 Å². The predicted octanol–water partition coefficient (Wildman–Crippen LogP) is 0.418. The summed E-state index contributed by atoms with van der Waals surface area (Å²) in [6.45, 7) is 2.04. The number of aliphatic carboxylic acids is 1. The van der Waals surface area contributed by atoms with E-state index in [0.717, 1.165) is 11.1 Å². The van der Waals surface area contributed by atoms with Crippen LogP contribution in [-0.4, -0.2) is 28.0 Å². The molecule has 3 amide bonds. The fourth-order valence-corrected chi connectivity index (χ4v) is 1.62. The average molecular weight is 269 g/mol. The highest BCUT2D eigenvalue weighted by Crippen LogP contribution is 2.06. The molecule has 0 saturated heterocycles. The number of urea groups is 1. The van der Waals surface area contributed by atoms with Crippen LogP contribution in [0.4, 0.5) is 4.79 Å². The maximum Gasteiger partial charge on any atom is 0.328 e. The Morgan fingerprint density at radius 2 is 2.17 bits per heavy atom. The molecule has 0 aliphatic heterocycles. The zero-order valence-electron chi connectivity index (χ0n) is 9.47. The second kappa shape index (κ2) is 6.50. The van der Waals surface area contributed by atoms with Gasteiger partial charge in [-0.05, 0) is 6.92 Å². The summed E-state index contributed by atoms with van der Waals surface area (Å²) in [7, 11) is 0. The van der Waals surface area contributed by atoms with Gasteiger partial charge in [0.2, 0.25) is 0 Å². The molecule has 96 valence electrons. The summed E-state index contributed by atoms with van der Waals surface area (Å²) in [4.78, 5) is 36.5. The lowest BCUT2D eigenvalue weighted by Crippen LogP contribution is -2.38. The summed E-state index contributed by atoms with van der Waals surface area (Å²) < 4.78 is 0. The molecule has 7 nitrogen and oxygen atoms in total. The first kappa shape index (κ1) is 13.8. The number of aryl methyl sites for hydroxylation is 1. The van der Waals surface area contributed by atoms with E-state index in [4.69, 9.17) is 5.11 Å². The Labute approximate surface area is 107 Å². The number of carboxylic acids is 1. The zero-order chi connectivity index (χ0) is 13.5. The molecule has 0 radical (unpaired) electrons. The number of amides is 3. The minimum absolute atomic E-state index is 0.200. The minimum Gasteiger partial charge on any atom is -0.478 e. The van der Waals surface area contributed by atoms with Gasteiger partial charge in [-0.3, -0.25) is 10.1 Å². The fraction of sp³-hybridized carbons (Fsp3) is 0.200. The van der Waals surface area contributed by atoms with E-state index in [1.807, 2.05) is 12.2 Å². The molecule has 0 bridgehead atoms. The summed E-state index contributed by atoms with van der Waals surface area (Å²) in [6.07, 6.45) is 1.40. The molecule has 8 heteroatoms. The lowest BCUT2D eigenvalue weighted by Gasteiger charge is -2.02. The smallest absolute Gasteiger partial charge is 0.328 e. The first-order valence-corrected chi connectivity index (χ1v) is 5.76. The second-order valence-corrected chi connectivity index (χ2v) is 4.26. The molecule has 0 unspecified atom stereocenters. The van der Waals surface area contributed by atoms with Crippen LogP contribution in [0.3, 0.4) is 0 Å². The van der Waals surface area contributed by atoms with E-state index in [-0.39, 0.29) is 6.54 Å². The molecular weight excluding hydrogens is 258 g/mol. The molecule has 1 aromatic heterocycles. The second-order valence-electron chi connectivity index (χ2n) is 3.20. The van der Waals surface area contributed by atoms with Gasteiger partial charge in [0.15, 0.2) is 0 Å². The van der Waals surface area contributed by atoms with Crippen molar-refractivity contribution in [2.45, 2.75) is 13.5 Å². The maximum atomic E-state index is 11.2. The van der Waals surface area contributed by atoms with Crippen LogP contribution in [0.15, 0.2) is 17.5 Å². The van der Waals surface area contributed by atoms with E-state index < -0.39 is 17.9 Å². The normalized spacial score (nSPS) is 10.3. The van der Waals surface area contributed by atoms with Crippen molar-refractivity contribution in [2.24, 2.45) is 0 Å². The van der Waals surface area contributed by atoms with E-state index in [2.05, 4.69) is 10.3 Å². The van der Waals surface area contributed by atoms with Gasteiger partial charge in [0.25, 0.3) is 5.91 Å². The number of hydrogen-bond acceptors (Lipinski definition) is 5. The van der Waals surface area contributed by atoms with E-state index in [1.165, 1.54) is 11.3 Å². The molecule has 18 heavy (non-hydrogen) atoms. The number of carbonyl (C=O) groups is 3. The Balaban J connectivity index is 2.33. The first-order valence-electron chi connectivity index (χ1n) is 4.88. The third kappa shape index (κ3) is 5.21. The van der Waals surface area contributed by atoms with Crippen molar-refractivity contribution in [3.63, 3.8) is 0 Å². The molecule has 0 saturated carbocycles. The highest BCUT2D eigenvalue weighted by Gasteiger charge is 2.05. The van der Waals surface area contributed by atoms with Crippen LogP contribution in [0, 0.1) is 6.92 Å². The van der Waals surface area contributed by atoms with Crippen molar-refractivity contribution >= 4 is 29.2 Å². The highest BCUT2D eigenvalue weighted by atomic mass is 32.1. The third-order valence-electron chi connectivity index (χ3n) is 1.71. The molecule has 1 rings (SSSR count). The number of nitrogens with zero attached hydrogens (tertiary/aromatic N) is 1. The topological polar surface area (TPSA) is 108 Å². The van der Waals surface area contributed by atoms with Crippen LogP contribution in [0.5, 0.6) is 0 Å². The monoisotopic (exact) mass is 269 g/mol. The average Bonchev–Trinajstić information content (AvgIpc) is 2.70. The van der Waals surface area contributed by atoms with E-state index in [1.54, 1.807) is 5.38 Å². The fourth-order valence-electron chi connectivity index (χ4n) is 1.01. The first-order chi connectivity index (χ1) is 8.47. The van der Waals surface area contributed by atoms with Gasteiger partial charge in [-0.25, -0.2) is 14.6 Å². The van der Waals surface area contributed by atoms with Crippen LogP contribution in [0.25, 0.3) is 0 Å². The summed E-state index contributed by atoms with van der Waals surface area (Å²) >= 11 is 1.46. The lowest BCUT2D eigenvalue weighted by molar-refractivity contribution is -0.131. The van der Waals surface area contributed by atoms with Crippen LogP contribution >= 0.6 is 11.3 Å². The summed E-state index contributed by atoms with van der Waals surface area (Å²) in [5, 5.41) is 15.3. The molecule has 3 N–H and O–H groups in total. The Bertz CT molecular complexity index is 495. The van der Waals surface area contributed by atoms with Gasteiger partial charge in [-0.2, -0.15) is 0 Å². The maximum absolute atomic E-state index is 11.2. The summed E-state index contributed by atoms with van der Waals surface area (Å²) in [6, 6.07) is -0.708. The van der Waals surface area contributed by atoms with Crippen molar-refractivity contribution in [1.29, 1.82) is 0 Å². The molecule has 0 aliphatic carbocycles.